The van der Waals surface area contributed by atoms with Crippen LogP contribution in [0, 0.1) is 0 Å². The van der Waals surface area contributed by atoms with Crippen molar-refractivity contribution in [2.45, 2.75) is 19.5 Å². The Morgan fingerprint density at radius 1 is 1.42 bits per heavy atom. The Morgan fingerprint density at radius 3 is 3.17 bits per heavy atom. The van der Waals surface area contributed by atoms with Crippen molar-refractivity contribution >= 4 is 0 Å². The van der Waals surface area contributed by atoms with E-state index in [9.17, 15) is 4.39 Å². The standard InChI is InChI=1S/C10H11FO/c11-7-8-3-1-5-10-9(8)4-2-6-12-10/h1,3,5H,2,4,6-7H2. The maximum atomic E-state index is 12.5. The molecule has 12 heavy (non-hydrogen) atoms. The lowest BCUT2D eigenvalue weighted by Crippen LogP contribution is -2.09. The number of alkyl halides is 1. The zero-order chi connectivity index (χ0) is 8.39. The largest absolute Gasteiger partial charge is 0.493 e. The molecule has 1 aromatic carbocycles. The fourth-order valence-electron chi connectivity index (χ4n) is 1.59. The van der Waals surface area contributed by atoms with Crippen molar-refractivity contribution in [3.8, 4) is 5.75 Å². The van der Waals surface area contributed by atoms with Gasteiger partial charge in [-0.05, 0) is 24.5 Å². The third-order valence-corrected chi connectivity index (χ3v) is 2.20. The summed E-state index contributed by atoms with van der Waals surface area (Å²) in [6.45, 7) is 0.384. The molecule has 0 spiro atoms. The number of rotatable bonds is 1. The minimum absolute atomic E-state index is 0.382. The second-order valence-corrected chi connectivity index (χ2v) is 2.98. The molecule has 0 N–H and O–H groups in total. The van der Waals surface area contributed by atoms with Gasteiger partial charge >= 0.3 is 0 Å². The Bertz CT molecular complexity index is 269. The molecule has 2 heteroatoms. The van der Waals surface area contributed by atoms with E-state index in [0.29, 0.717) is 0 Å². The minimum atomic E-state index is -0.382. The number of ether oxygens (including phenoxy) is 1. The van der Waals surface area contributed by atoms with Gasteiger partial charge in [-0.1, -0.05) is 12.1 Å². The number of benzene rings is 1. The monoisotopic (exact) mass is 166 g/mol. The number of fused-ring (bicyclic) bond motifs is 1. The number of halogens is 1. The zero-order valence-corrected chi connectivity index (χ0v) is 6.85. The first-order valence-electron chi connectivity index (χ1n) is 4.21. The van der Waals surface area contributed by atoms with Crippen LogP contribution in [0.15, 0.2) is 18.2 Å². The molecule has 1 aliphatic rings. The van der Waals surface area contributed by atoms with Crippen LogP contribution in [0.25, 0.3) is 0 Å². The Morgan fingerprint density at radius 2 is 2.33 bits per heavy atom. The van der Waals surface area contributed by atoms with Crippen LogP contribution in [0.3, 0.4) is 0 Å². The number of hydrogen-bond donors (Lipinski definition) is 0. The molecule has 0 fully saturated rings. The predicted molar refractivity (Wildman–Crippen MR) is 45.1 cm³/mol. The molecule has 64 valence electrons. The molecule has 0 saturated heterocycles. The van der Waals surface area contributed by atoms with Crippen molar-refractivity contribution < 1.29 is 9.13 Å². The van der Waals surface area contributed by atoms with E-state index < -0.39 is 0 Å². The smallest absolute Gasteiger partial charge is 0.122 e. The van der Waals surface area contributed by atoms with Gasteiger partial charge in [-0.3, -0.25) is 0 Å². The highest BCUT2D eigenvalue weighted by atomic mass is 19.1. The van der Waals surface area contributed by atoms with Crippen LogP contribution in [0.1, 0.15) is 17.5 Å². The van der Waals surface area contributed by atoms with Gasteiger partial charge in [0.1, 0.15) is 12.4 Å². The molecule has 0 aliphatic carbocycles. The van der Waals surface area contributed by atoms with Gasteiger partial charge in [0.25, 0.3) is 0 Å². The molecule has 0 saturated carbocycles. The lowest BCUT2D eigenvalue weighted by atomic mass is 10.0. The van der Waals surface area contributed by atoms with Crippen molar-refractivity contribution in [1.29, 1.82) is 0 Å². The quantitative estimate of drug-likeness (QED) is 0.622. The van der Waals surface area contributed by atoms with Gasteiger partial charge in [-0.15, -0.1) is 0 Å². The van der Waals surface area contributed by atoms with Gasteiger partial charge in [0, 0.05) is 5.56 Å². The molecule has 1 aliphatic heterocycles. The second-order valence-electron chi connectivity index (χ2n) is 2.98. The highest BCUT2D eigenvalue weighted by Gasteiger charge is 2.12. The first-order valence-corrected chi connectivity index (χ1v) is 4.21. The van der Waals surface area contributed by atoms with Gasteiger partial charge in [0.2, 0.25) is 0 Å². The van der Waals surface area contributed by atoms with Gasteiger partial charge in [0.15, 0.2) is 0 Å². The van der Waals surface area contributed by atoms with E-state index >= 15 is 0 Å². The van der Waals surface area contributed by atoms with E-state index in [1.165, 1.54) is 0 Å². The van der Waals surface area contributed by atoms with Crippen LogP contribution in [-0.4, -0.2) is 6.61 Å². The maximum absolute atomic E-state index is 12.5. The van der Waals surface area contributed by atoms with Crippen molar-refractivity contribution in [1.82, 2.24) is 0 Å². The summed E-state index contributed by atoms with van der Waals surface area (Å²) in [5, 5.41) is 0. The molecule has 0 radical (unpaired) electrons. The highest BCUT2D eigenvalue weighted by Crippen LogP contribution is 2.27. The molecule has 0 unspecified atom stereocenters. The SMILES string of the molecule is FCc1cccc2c1CCCO2. The van der Waals surface area contributed by atoms with E-state index in [1.54, 1.807) is 0 Å². The van der Waals surface area contributed by atoms with Crippen LogP contribution in [-0.2, 0) is 13.1 Å². The Hall–Kier alpha value is -1.05. The van der Waals surface area contributed by atoms with E-state index in [2.05, 4.69) is 0 Å². The third kappa shape index (κ3) is 1.17. The summed E-state index contributed by atoms with van der Waals surface area (Å²) in [4.78, 5) is 0. The molecule has 1 nitrogen and oxygen atoms in total. The lowest BCUT2D eigenvalue weighted by Gasteiger charge is -2.18. The summed E-state index contributed by atoms with van der Waals surface area (Å²) in [6.07, 6.45) is 1.96. The van der Waals surface area contributed by atoms with Gasteiger partial charge in [0.05, 0.1) is 6.61 Å². The van der Waals surface area contributed by atoms with Gasteiger partial charge in [-0.25, -0.2) is 4.39 Å². The van der Waals surface area contributed by atoms with Crippen molar-refractivity contribution in [3.63, 3.8) is 0 Å². The van der Waals surface area contributed by atoms with Crippen LogP contribution in [0.4, 0.5) is 4.39 Å². The summed E-state index contributed by atoms with van der Waals surface area (Å²) < 4.78 is 17.9. The van der Waals surface area contributed by atoms with Gasteiger partial charge in [-0.2, -0.15) is 0 Å². The van der Waals surface area contributed by atoms with Crippen molar-refractivity contribution in [2.24, 2.45) is 0 Å². The minimum Gasteiger partial charge on any atom is -0.493 e. The molecule has 1 aromatic rings. The highest BCUT2D eigenvalue weighted by molar-refractivity contribution is 5.41. The van der Waals surface area contributed by atoms with Crippen LogP contribution in [0.2, 0.25) is 0 Å². The molecule has 0 amide bonds. The van der Waals surface area contributed by atoms with E-state index in [4.69, 9.17) is 4.74 Å². The second kappa shape index (κ2) is 3.13. The predicted octanol–water partition coefficient (Wildman–Crippen LogP) is 2.48. The van der Waals surface area contributed by atoms with E-state index in [-0.39, 0.29) is 6.67 Å². The molecule has 0 aromatic heterocycles. The van der Waals surface area contributed by atoms with Crippen molar-refractivity contribution in [3.05, 3.63) is 29.3 Å². The Kier molecular flexibility index (Phi) is 1.98. The Balaban J connectivity index is 2.44. The van der Waals surface area contributed by atoms with E-state index in [0.717, 1.165) is 36.3 Å². The fraction of sp³-hybridized carbons (Fsp3) is 0.400. The summed E-state index contributed by atoms with van der Waals surface area (Å²) in [5.41, 5.74) is 1.85. The van der Waals surface area contributed by atoms with Crippen LogP contribution < -0.4 is 4.74 Å². The summed E-state index contributed by atoms with van der Waals surface area (Å²) in [7, 11) is 0. The summed E-state index contributed by atoms with van der Waals surface area (Å²) in [5.74, 6) is 0.872. The lowest BCUT2D eigenvalue weighted by molar-refractivity contribution is 0.286. The average Bonchev–Trinajstić information content (AvgIpc) is 2.17. The summed E-state index contributed by atoms with van der Waals surface area (Å²) >= 11 is 0. The fourth-order valence-corrected chi connectivity index (χ4v) is 1.59. The zero-order valence-electron chi connectivity index (χ0n) is 6.85. The molecule has 2 rings (SSSR count). The first kappa shape index (κ1) is 7.59. The molecule has 1 heterocycles. The molecule has 0 atom stereocenters. The Labute approximate surface area is 71.2 Å². The van der Waals surface area contributed by atoms with Crippen molar-refractivity contribution in [2.75, 3.05) is 6.61 Å². The van der Waals surface area contributed by atoms with Crippen LogP contribution in [0.5, 0.6) is 5.75 Å². The topological polar surface area (TPSA) is 9.23 Å². The first-order chi connectivity index (χ1) is 5.92. The third-order valence-electron chi connectivity index (χ3n) is 2.20. The average molecular weight is 166 g/mol. The maximum Gasteiger partial charge on any atom is 0.122 e. The normalized spacial score (nSPS) is 15.1. The molecular formula is C10H11FO. The molecule has 0 bridgehead atoms. The van der Waals surface area contributed by atoms with Crippen LogP contribution >= 0.6 is 0 Å². The summed E-state index contributed by atoms with van der Waals surface area (Å²) in [6, 6.07) is 5.58. The molecular weight excluding hydrogens is 155 g/mol. The van der Waals surface area contributed by atoms with E-state index in [1.807, 2.05) is 18.2 Å². The van der Waals surface area contributed by atoms with Gasteiger partial charge < -0.3 is 4.74 Å². The number of hydrogen-bond acceptors (Lipinski definition) is 1.